The molecule has 1 aliphatic rings. The van der Waals surface area contributed by atoms with E-state index in [9.17, 15) is 22.8 Å². The number of nitrogens with zero attached hydrogens (tertiary/aromatic N) is 2. The van der Waals surface area contributed by atoms with Crippen LogP contribution in [0.15, 0.2) is 72.9 Å². The number of nitrogens with one attached hydrogen (secondary N) is 2. The zero-order chi connectivity index (χ0) is 36.6. The zero-order valence-electron chi connectivity index (χ0n) is 28.1. The molecule has 0 radical (unpaired) electrons. The van der Waals surface area contributed by atoms with E-state index in [1.54, 1.807) is 6.20 Å². The van der Waals surface area contributed by atoms with Crippen LogP contribution in [0.4, 0.5) is 30.4 Å². The van der Waals surface area contributed by atoms with Crippen molar-refractivity contribution in [2.45, 2.75) is 64.9 Å². The molecule has 0 bridgehead atoms. The maximum Gasteiger partial charge on any atom is 0.490 e. The average molecular weight is 696 g/mol. The van der Waals surface area contributed by atoms with Crippen molar-refractivity contribution >= 4 is 45.7 Å². The van der Waals surface area contributed by atoms with Crippen LogP contribution in [0, 0.1) is 0 Å². The van der Waals surface area contributed by atoms with Crippen molar-refractivity contribution in [1.29, 1.82) is 0 Å². The minimum Gasteiger partial charge on any atom is -0.490 e. The number of hydrogen-bond acceptors (Lipinski definition) is 8. The second-order valence-corrected chi connectivity index (χ2v) is 11.8. The molecule has 0 saturated carbocycles. The number of carboxylic acids is 1. The number of fused-ring (bicyclic) bond motifs is 1. The molecule has 0 unspecified atom stereocenters. The first-order chi connectivity index (χ1) is 23.7. The Bertz CT molecular complexity index is 1830. The highest BCUT2D eigenvalue weighted by atomic mass is 19.4. The van der Waals surface area contributed by atoms with Gasteiger partial charge in [0.25, 0.3) is 0 Å². The third kappa shape index (κ3) is 9.55. The Morgan fingerprint density at radius 2 is 1.78 bits per heavy atom. The van der Waals surface area contributed by atoms with Crippen molar-refractivity contribution in [1.82, 2.24) is 9.88 Å². The summed E-state index contributed by atoms with van der Waals surface area (Å²) in [4.78, 5) is 41.2. The van der Waals surface area contributed by atoms with Crippen LogP contribution in [0.3, 0.4) is 0 Å². The quantitative estimate of drug-likeness (QED) is 0.136. The Morgan fingerprint density at radius 3 is 2.44 bits per heavy atom. The minimum atomic E-state index is -5.08. The van der Waals surface area contributed by atoms with Gasteiger partial charge in [-0.15, -0.1) is 0 Å². The molecule has 1 aliphatic heterocycles. The molecule has 5 N–H and O–H groups in total. The molecular formula is C36H40F3N5O6. The van der Waals surface area contributed by atoms with E-state index in [2.05, 4.69) is 15.6 Å². The number of halogens is 3. The standard InChI is InChI=1S/C34H39N5O4.C2HF3O2/c1-5-42-31-20-25(11-14-30(31)43-21(2)3)32(38-27-12-13-28-23(18-27)15-16-36-33(28)35)34(41)39-17-7-10-29(39)24-8-6-9-26(19-24)37-22(4)40;3-2(4,5)1(6)7/h6,8-9,11-16,18-21,29,32,38H,5,7,10,17H2,1-4H3,(H2,35,36)(H,37,40);(H,6,7)/t29-,32-;/m0./s1. The van der Waals surface area contributed by atoms with Crippen molar-refractivity contribution < 1.29 is 42.1 Å². The van der Waals surface area contributed by atoms with E-state index in [0.29, 0.717) is 36.2 Å². The summed E-state index contributed by atoms with van der Waals surface area (Å²) in [5.74, 6) is -1.26. The van der Waals surface area contributed by atoms with E-state index in [-0.39, 0.29) is 24.0 Å². The number of amides is 2. The molecule has 4 aromatic rings. The number of aliphatic carboxylic acids is 1. The van der Waals surface area contributed by atoms with Crippen LogP contribution in [-0.4, -0.2) is 58.2 Å². The van der Waals surface area contributed by atoms with Crippen molar-refractivity contribution in [2.75, 3.05) is 29.5 Å². The van der Waals surface area contributed by atoms with Gasteiger partial charge in [0, 0.05) is 36.4 Å². The zero-order valence-corrected chi connectivity index (χ0v) is 28.1. The lowest BCUT2D eigenvalue weighted by atomic mass is 10.0. The molecule has 3 aromatic carbocycles. The summed E-state index contributed by atoms with van der Waals surface area (Å²) in [5, 5.41) is 15.3. The van der Waals surface area contributed by atoms with Gasteiger partial charge >= 0.3 is 12.1 Å². The van der Waals surface area contributed by atoms with Gasteiger partial charge in [-0.05, 0) is 98.7 Å². The number of anilines is 3. The number of pyridine rings is 1. The van der Waals surface area contributed by atoms with Gasteiger partial charge < -0.3 is 35.8 Å². The smallest absolute Gasteiger partial charge is 0.490 e. The molecule has 2 atom stereocenters. The molecule has 0 aliphatic carbocycles. The predicted molar refractivity (Wildman–Crippen MR) is 184 cm³/mol. The Hall–Kier alpha value is -5.53. The van der Waals surface area contributed by atoms with Crippen molar-refractivity contribution in [3.05, 3.63) is 84.1 Å². The summed E-state index contributed by atoms with van der Waals surface area (Å²) in [6.07, 6.45) is -1.73. The fraction of sp³-hybridized carbons (Fsp3) is 0.333. The molecule has 1 aromatic heterocycles. The summed E-state index contributed by atoms with van der Waals surface area (Å²) in [6.45, 7) is 8.43. The molecule has 1 fully saturated rings. The molecule has 14 heteroatoms. The molecule has 266 valence electrons. The lowest BCUT2D eigenvalue weighted by Crippen LogP contribution is -2.37. The Labute approximate surface area is 287 Å². The van der Waals surface area contributed by atoms with E-state index in [1.165, 1.54) is 6.92 Å². The van der Waals surface area contributed by atoms with Crippen LogP contribution < -0.4 is 25.8 Å². The highest BCUT2D eigenvalue weighted by Gasteiger charge is 2.38. The number of benzene rings is 3. The first-order valence-corrected chi connectivity index (χ1v) is 16.0. The first-order valence-electron chi connectivity index (χ1n) is 16.0. The Kier molecular flexibility index (Phi) is 12.1. The third-order valence-electron chi connectivity index (χ3n) is 7.69. The number of hydrogen-bond donors (Lipinski definition) is 4. The van der Waals surface area contributed by atoms with E-state index >= 15 is 0 Å². The number of nitrogen functional groups attached to an aromatic ring is 1. The van der Waals surface area contributed by atoms with E-state index in [0.717, 1.165) is 40.4 Å². The van der Waals surface area contributed by atoms with Crippen LogP contribution in [0.5, 0.6) is 11.5 Å². The number of likely N-dealkylation sites (tertiary alicyclic amines) is 1. The number of ether oxygens (including phenoxy) is 2. The van der Waals surface area contributed by atoms with Crippen LogP contribution in [-0.2, 0) is 14.4 Å². The topological polar surface area (TPSA) is 156 Å². The van der Waals surface area contributed by atoms with Crippen LogP contribution in [0.2, 0.25) is 0 Å². The fourth-order valence-electron chi connectivity index (χ4n) is 5.64. The molecular weight excluding hydrogens is 655 g/mol. The summed E-state index contributed by atoms with van der Waals surface area (Å²) in [5.41, 5.74) is 9.33. The van der Waals surface area contributed by atoms with Gasteiger partial charge in [-0.1, -0.05) is 18.2 Å². The number of nitrogens with two attached hydrogens (primary N) is 1. The van der Waals surface area contributed by atoms with Gasteiger partial charge in [0.1, 0.15) is 11.9 Å². The summed E-state index contributed by atoms with van der Waals surface area (Å²) in [7, 11) is 0. The lowest BCUT2D eigenvalue weighted by molar-refractivity contribution is -0.192. The van der Waals surface area contributed by atoms with Gasteiger partial charge in [0.2, 0.25) is 11.8 Å². The van der Waals surface area contributed by atoms with Crippen LogP contribution >= 0.6 is 0 Å². The molecule has 2 heterocycles. The van der Waals surface area contributed by atoms with Crippen molar-refractivity contribution in [3.8, 4) is 11.5 Å². The third-order valence-corrected chi connectivity index (χ3v) is 7.69. The number of alkyl halides is 3. The second-order valence-electron chi connectivity index (χ2n) is 11.8. The summed E-state index contributed by atoms with van der Waals surface area (Å²) in [6, 6.07) is 20.3. The fourth-order valence-corrected chi connectivity index (χ4v) is 5.64. The number of carbonyl (C=O) groups excluding carboxylic acids is 2. The second kappa shape index (κ2) is 16.2. The normalized spacial score (nSPS) is 14.8. The molecule has 2 amide bonds. The average Bonchev–Trinajstić information content (AvgIpc) is 3.54. The minimum absolute atomic E-state index is 0.0289. The summed E-state index contributed by atoms with van der Waals surface area (Å²) >= 11 is 0. The largest absolute Gasteiger partial charge is 0.490 e. The van der Waals surface area contributed by atoms with Gasteiger partial charge in [0.05, 0.1) is 18.8 Å². The van der Waals surface area contributed by atoms with Gasteiger partial charge in [-0.3, -0.25) is 9.59 Å². The Balaban J connectivity index is 0.000000727. The number of aromatic nitrogens is 1. The van der Waals surface area contributed by atoms with Crippen molar-refractivity contribution in [3.63, 3.8) is 0 Å². The number of carboxylic acid groups (broad SMARTS) is 1. The summed E-state index contributed by atoms with van der Waals surface area (Å²) < 4.78 is 43.7. The maximum absolute atomic E-state index is 14.5. The molecule has 50 heavy (non-hydrogen) atoms. The SMILES string of the molecule is CCOc1cc([C@H](Nc2ccc3c(N)nccc3c2)C(=O)N2CCC[C@H]2c2cccc(NC(C)=O)c2)ccc1OC(C)C.O=C(O)C(F)(F)F. The Morgan fingerprint density at radius 1 is 1.04 bits per heavy atom. The number of carbonyl (C=O) groups is 3. The molecule has 1 saturated heterocycles. The molecule has 11 nitrogen and oxygen atoms in total. The highest BCUT2D eigenvalue weighted by molar-refractivity contribution is 5.94. The van der Waals surface area contributed by atoms with E-state index in [1.807, 2.05) is 92.4 Å². The highest BCUT2D eigenvalue weighted by Crippen LogP contribution is 2.38. The monoisotopic (exact) mass is 695 g/mol. The molecule has 0 spiro atoms. The predicted octanol–water partition coefficient (Wildman–Crippen LogP) is 7.11. The molecule has 5 rings (SSSR count). The maximum atomic E-state index is 14.5. The van der Waals surface area contributed by atoms with E-state index in [4.69, 9.17) is 25.1 Å². The first kappa shape index (κ1) is 37.3. The van der Waals surface area contributed by atoms with Gasteiger partial charge in [-0.25, -0.2) is 9.78 Å². The lowest BCUT2D eigenvalue weighted by Gasteiger charge is -2.31. The van der Waals surface area contributed by atoms with Gasteiger partial charge in [-0.2, -0.15) is 13.2 Å². The van der Waals surface area contributed by atoms with Crippen molar-refractivity contribution in [2.24, 2.45) is 0 Å². The van der Waals surface area contributed by atoms with Gasteiger partial charge in [0.15, 0.2) is 11.5 Å². The van der Waals surface area contributed by atoms with E-state index < -0.39 is 18.2 Å². The number of rotatable bonds is 10. The van der Waals surface area contributed by atoms with Crippen LogP contribution in [0.25, 0.3) is 10.8 Å². The van der Waals surface area contributed by atoms with Crippen LogP contribution in [0.1, 0.15) is 63.7 Å².